The standard InChI is InChI=1S/C18H21ClNO4P/c1-3-23-25(22,24-4-2)18(15-8-6-5-7-9-15)20-17(21)14-10-12-16(19)13-11-14/h5-13,18H,3-4H2,1-2H3,(H,20,21)/t18-/m0/s1. The number of carbonyl (C=O) groups excluding carboxylic acids is 1. The summed E-state index contributed by atoms with van der Waals surface area (Å²) < 4.78 is 24.1. The van der Waals surface area contributed by atoms with Gasteiger partial charge in [-0.1, -0.05) is 41.9 Å². The van der Waals surface area contributed by atoms with Gasteiger partial charge in [0.05, 0.1) is 13.2 Å². The zero-order valence-corrected chi connectivity index (χ0v) is 15.8. The molecule has 2 aromatic rings. The molecule has 1 atom stereocenters. The predicted molar refractivity (Wildman–Crippen MR) is 99.0 cm³/mol. The normalized spacial score (nSPS) is 12.6. The minimum Gasteiger partial charge on any atom is -0.334 e. The number of hydrogen-bond acceptors (Lipinski definition) is 4. The molecule has 0 aliphatic carbocycles. The maximum Gasteiger partial charge on any atom is 0.357 e. The van der Waals surface area contributed by atoms with Gasteiger partial charge in [0.1, 0.15) is 0 Å². The fourth-order valence-electron chi connectivity index (χ4n) is 2.34. The summed E-state index contributed by atoms with van der Waals surface area (Å²) in [6, 6.07) is 15.5. The second-order valence-electron chi connectivity index (χ2n) is 5.17. The molecule has 0 spiro atoms. The summed E-state index contributed by atoms with van der Waals surface area (Å²) in [7, 11) is -3.59. The van der Waals surface area contributed by atoms with E-state index in [9.17, 15) is 9.36 Å². The Labute approximate surface area is 152 Å². The predicted octanol–water partition coefficient (Wildman–Crippen LogP) is 5.03. The molecule has 0 unspecified atom stereocenters. The van der Waals surface area contributed by atoms with E-state index in [-0.39, 0.29) is 19.1 Å². The molecule has 0 aliphatic heterocycles. The summed E-state index contributed by atoms with van der Waals surface area (Å²) >= 11 is 5.86. The number of hydrogen-bond donors (Lipinski definition) is 1. The van der Waals surface area contributed by atoms with Crippen molar-refractivity contribution in [3.05, 3.63) is 70.7 Å². The number of amides is 1. The fourth-order valence-corrected chi connectivity index (χ4v) is 4.37. The molecule has 0 radical (unpaired) electrons. The number of rotatable bonds is 8. The van der Waals surface area contributed by atoms with Crippen LogP contribution in [-0.4, -0.2) is 19.1 Å². The minimum absolute atomic E-state index is 0.206. The van der Waals surface area contributed by atoms with Crippen molar-refractivity contribution in [3.63, 3.8) is 0 Å². The van der Waals surface area contributed by atoms with E-state index in [2.05, 4.69) is 5.32 Å². The molecule has 0 aliphatic rings. The van der Waals surface area contributed by atoms with Crippen molar-refractivity contribution >= 4 is 25.1 Å². The molecule has 0 saturated carbocycles. The maximum absolute atomic E-state index is 13.3. The summed E-state index contributed by atoms with van der Waals surface area (Å²) in [5, 5.41) is 3.32. The van der Waals surface area contributed by atoms with Gasteiger partial charge in [0, 0.05) is 10.6 Å². The Morgan fingerprint density at radius 2 is 1.60 bits per heavy atom. The van der Waals surface area contributed by atoms with Crippen molar-refractivity contribution in [3.8, 4) is 0 Å². The van der Waals surface area contributed by atoms with E-state index in [1.807, 2.05) is 6.07 Å². The Morgan fingerprint density at radius 3 is 2.12 bits per heavy atom. The zero-order chi connectivity index (χ0) is 18.3. The SMILES string of the molecule is CCOP(=O)(OCC)[C@H](NC(=O)c1ccc(Cl)cc1)c1ccccc1. The van der Waals surface area contributed by atoms with Gasteiger partial charge in [0.2, 0.25) is 0 Å². The maximum atomic E-state index is 13.3. The third-order valence-corrected chi connectivity index (χ3v) is 5.97. The average Bonchev–Trinajstić information content (AvgIpc) is 2.61. The third-order valence-electron chi connectivity index (χ3n) is 3.42. The van der Waals surface area contributed by atoms with Crippen LogP contribution in [0.2, 0.25) is 5.02 Å². The Morgan fingerprint density at radius 1 is 1.04 bits per heavy atom. The molecule has 2 aromatic carbocycles. The van der Waals surface area contributed by atoms with E-state index in [0.717, 1.165) is 0 Å². The van der Waals surface area contributed by atoms with Crippen molar-refractivity contribution in [2.45, 2.75) is 19.6 Å². The molecule has 0 saturated heterocycles. The van der Waals surface area contributed by atoms with E-state index < -0.39 is 13.4 Å². The van der Waals surface area contributed by atoms with Gasteiger partial charge < -0.3 is 14.4 Å². The van der Waals surface area contributed by atoms with Gasteiger partial charge >= 0.3 is 7.60 Å². The van der Waals surface area contributed by atoms with Crippen LogP contribution in [0.4, 0.5) is 0 Å². The molecular formula is C18H21ClNO4P. The Bertz CT molecular complexity index is 727. The number of halogens is 1. The second kappa shape index (κ2) is 9.16. The van der Waals surface area contributed by atoms with Crippen molar-refractivity contribution in [2.75, 3.05) is 13.2 Å². The van der Waals surface area contributed by atoms with Crippen LogP contribution >= 0.6 is 19.2 Å². The molecule has 0 fully saturated rings. The van der Waals surface area contributed by atoms with Gasteiger partial charge in [-0.3, -0.25) is 9.36 Å². The van der Waals surface area contributed by atoms with Crippen molar-refractivity contribution in [2.24, 2.45) is 0 Å². The average molecular weight is 382 g/mol. The molecule has 5 nitrogen and oxygen atoms in total. The van der Waals surface area contributed by atoms with Gasteiger partial charge in [-0.05, 0) is 43.7 Å². The van der Waals surface area contributed by atoms with Crippen LogP contribution < -0.4 is 5.32 Å². The highest BCUT2D eigenvalue weighted by atomic mass is 35.5. The lowest BCUT2D eigenvalue weighted by molar-refractivity contribution is 0.0937. The molecule has 1 amide bonds. The monoisotopic (exact) mass is 381 g/mol. The van der Waals surface area contributed by atoms with Gasteiger partial charge in [-0.25, -0.2) is 0 Å². The topological polar surface area (TPSA) is 64.6 Å². The first kappa shape index (κ1) is 19.7. The summed E-state index contributed by atoms with van der Waals surface area (Å²) in [6.07, 6.45) is 0. The van der Waals surface area contributed by atoms with Crippen LogP contribution in [0.25, 0.3) is 0 Å². The molecule has 25 heavy (non-hydrogen) atoms. The lowest BCUT2D eigenvalue weighted by Crippen LogP contribution is -2.29. The van der Waals surface area contributed by atoms with Crippen molar-refractivity contribution in [1.82, 2.24) is 5.32 Å². The number of carbonyl (C=O) groups is 1. The molecule has 1 N–H and O–H groups in total. The summed E-state index contributed by atoms with van der Waals surface area (Å²) in [5.74, 6) is -1.29. The molecule has 0 heterocycles. The summed E-state index contributed by atoms with van der Waals surface area (Å²) in [6.45, 7) is 3.87. The minimum atomic E-state index is -3.59. The van der Waals surface area contributed by atoms with Crippen LogP contribution in [0, 0.1) is 0 Å². The van der Waals surface area contributed by atoms with Crippen LogP contribution in [0.5, 0.6) is 0 Å². The van der Waals surface area contributed by atoms with Crippen LogP contribution in [0.1, 0.15) is 35.6 Å². The largest absolute Gasteiger partial charge is 0.357 e. The first-order valence-electron chi connectivity index (χ1n) is 8.00. The van der Waals surface area contributed by atoms with E-state index in [1.54, 1.807) is 62.4 Å². The lowest BCUT2D eigenvalue weighted by Gasteiger charge is -2.27. The first-order chi connectivity index (χ1) is 12.0. The lowest BCUT2D eigenvalue weighted by atomic mass is 10.2. The Balaban J connectivity index is 2.36. The summed E-state index contributed by atoms with van der Waals surface area (Å²) in [4.78, 5) is 12.6. The second-order valence-corrected chi connectivity index (χ2v) is 7.72. The molecule has 0 aromatic heterocycles. The smallest absolute Gasteiger partial charge is 0.334 e. The highest BCUT2D eigenvalue weighted by molar-refractivity contribution is 7.54. The molecule has 0 bridgehead atoms. The van der Waals surface area contributed by atoms with Gasteiger partial charge in [0.25, 0.3) is 5.91 Å². The van der Waals surface area contributed by atoms with E-state index in [0.29, 0.717) is 16.1 Å². The van der Waals surface area contributed by atoms with Crippen LogP contribution in [-0.2, 0) is 13.6 Å². The van der Waals surface area contributed by atoms with Gasteiger partial charge in [-0.2, -0.15) is 0 Å². The Hall–Kier alpha value is -1.65. The molecule has 2 rings (SSSR count). The quantitative estimate of drug-likeness (QED) is 0.651. The van der Waals surface area contributed by atoms with E-state index >= 15 is 0 Å². The highest BCUT2D eigenvalue weighted by Crippen LogP contribution is 2.59. The van der Waals surface area contributed by atoms with Crippen LogP contribution in [0.3, 0.4) is 0 Å². The van der Waals surface area contributed by atoms with E-state index in [4.69, 9.17) is 20.6 Å². The van der Waals surface area contributed by atoms with E-state index in [1.165, 1.54) is 0 Å². The van der Waals surface area contributed by atoms with Gasteiger partial charge in [-0.15, -0.1) is 0 Å². The molecule has 134 valence electrons. The number of nitrogens with one attached hydrogen (secondary N) is 1. The van der Waals surface area contributed by atoms with Crippen molar-refractivity contribution in [1.29, 1.82) is 0 Å². The van der Waals surface area contributed by atoms with Crippen molar-refractivity contribution < 1.29 is 18.4 Å². The molecule has 7 heteroatoms. The highest BCUT2D eigenvalue weighted by Gasteiger charge is 2.38. The van der Waals surface area contributed by atoms with Crippen LogP contribution in [0.15, 0.2) is 54.6 Å². The molecular weight excluding hydrogens is 361 g/mol. The third kappa shape index (κ3) is 5.16. The number of benzene rings is 2. The Kier molecular flexibility index (Phi) is 7.21. The summed E-state index contributed by atoms with van der Waals surface area (Å²) in [5.41, 5.74) is 1.06. The van der Waals surface area contributed by atoms with Gasteiger partial charge in [0.15, 0.2) is 5.78 Å². The zero-order valence-electron chi connectivity index (χ0n) is 14.1. The first-order valence-corrected chi connectivity index (χ1v) is 9.99. The fraction of sp³-hybridized carbons (Fsp3) is 0.278.